The largest absolute Gasteiger partial charge is 0.497 e. The van der Waals surface area contributed by atoms with Crippen molar-refractivity contribution in [1.29, 1.82) is 0 Å². The molecule has 1 aromatic carbocycles. The number of fused-ring (bicyclic) bond motifs is 1. The van der Waals surface area contributed by atoms with Crippen molar-refractivity contribution in [2.75, 3.05) is 13.0 Å². The fourth-order valence-electron chi connectivity index (χ4n) is 2.98. The first-order valence-electron chi connectivity index (χ1n) is 7.08. The van der Waals surface area contributed by atoms with Gasteiger partial charge in [0.05, 0.1) is 7.11 Å². The van der Waals surface area contributed by atoms with Crippen molar-refractivity contribution in [2.24, 2.45) is 0 Å². The van der Waals surface area contributed by atoms with E-state index in [1.54, 1.807) is 12.7 Å². The van der Waals surface area contributed by atoms with Gasteiger partial charge >= 0.3 is 0 Å². The summed E-state index contributed by atoms with van der Waals surface area (Å²) in [5, 5.41) is 0. The lowest BCUT2D eigenvalue weighted by Gasteiger charge is -2.26. The van der Waals surface area contributed by atoms with Crippen LogP contribution in [0.4, 0.5) is 0 Å². The number of benzene rings is 1. The number of rotatable bonds is 6. The van der Waals surface area contributed by atoms with Gasteiger partial charge in [0.15, 0.2) is 0 Å². The minimum atomic E-state index is 0.759. The third-order valence-corrected chi connectivity index (χ3v) is 4.24. The van der Waals surface area contributed by atoms with E-state index in [0.717, 1.165) is 24.0 Å². The van der Waals surface area contributed by atoms with Crippen LogP contribution in [0.25, 0.3) is 0 Å². The summed E-state index contributed by atoms with van der Waals surface area (Å²) in [7, 11) is 1.74. The molecule has 0 spiro atoms. The number of methoxy groups -OCH3 is 1. The van der Waals surface area contributed by atoms with Crippen LogP contribution in [0.15, 0.2) is 18.2 Å². The van der Waals surface area contributed by atoms with Crippen LogP contribution in [0, 0.1) is 0 Å². The predicted octanol–water partition coefficient (Wildman–Crippen LogP) is 4.91. The Hall–Kier alpha value is -0.690. The number of aryl methyl sites for hydroxylation is 1. The van der Waals surface area contributed by atoms with Gasteiger partial charge in [-0.2, -0.15) is 0 Å². The van der Waals surface area contributed by atoms with Crippen LogP contribution in [0.1, 0.15) is 55.6 Å². The van der Waals surface area contributed by atoms with E-state index in [4.69, 9.17) is 16.3 Å². The Balaban J connectivity index is 1.99. The lowest BCUT2D eigenvalue weighted by Crippen LogP contribution is -2.10. The zero-order chi connectivity index (χ0) is 12.8. The van der Waals surface area contributed by atoms with Crippen molar-refractivity contribution in [3.05, 3.63) is 29.3 Å². The Kier molecular flexibility index (Phi) is 5.37. The van der Waals surface area contributed by atoms with E-state index in [-0.39, 0.29) is 0 Å². The average molecular weight is 267 g/mol. The van der Waals surface area contributed by atoms with Crippen molar-refractivity contribution in [2.45, 2.75) is 50.9 Å². The summed E-state index contributed by atoms with van der Waals surface area (Å²) >= 11 is 5.72. The normalized spacial score (nSPS) is 18.4. The molecule has 1 nitrogen and oxygen atoms in total. The van der Waals surface area contributed by atoms with E-state index >= 15 is 0 Å². The van der Waals surface area contributed by atoms with Crippen LogP contribution in [-0.4, -0.2) is 13.0 Å². The average Bonchev–Trinajstić information content (AvgIpc) is 2.43. The molecule has 2 heteroatoms. The van der Waals surface area contributed by atoms with Gasteiger partial charge < -0.3 is 4.74 Å². The summed E-state index contributed by atoms with van der Waals surface area (Å²) in [5.74, 6) is 2.56. The second-order valence-electron chi connectivity index (χ2n) is 5.19. The van der Waals surface area contributed by atoms with Crippen LogP contribution >= 0.6 is 11.6 Å². The summed E-state index contributed by atoms with van der Waals surface area (Å²) in [4.78, 5) is 0. The lowest BCUT2D eigenvalue weighted by molar-refractivity contribution is 0.412. The van der Waals surface area contributed by atoms with Crippen molar-refractivity contribution < 1.29 is 4.74 Å². The molecule has 1 aromatic rings. The van der Waals surface area contributed by atoms with Crippen molar-refractivity contribution in [1.82, 2.24) is 0 Å². The van der Waals surface area contributed by atoms with Gasteiger partial charge in [-0.1, -0.05) is 18.9 Å². The quantitative estimate of drug-likeness (QED) is 0.525. The third-order valence-electron chi connectivity index (χ3n) is 3.97. The van der Waals surface area contributed by atoms with Crippen molar-refractivity contribution >= 4 is 11.6 Å². The minimum absolute atomic E-state index is 0.759. The Bertz CT molecular complexity index is 375. The Morgan fingerprint density at radius 1 is 1.28 bits per heavy atom. The molecule has 0 amide bonds. The molecule has 1 unspecified atom stereocenters. The van der Waals surface area contributed by atoms with Crippen LogP contribution < -0.4 is 4.74 Å². The standard InChI is InChI=1S/C16H23ClO/c1-18-15-9-10-16-13(6-3-2-4-11-17)7-5-8-14(16)12-15/h9-10,12-13H,2-8,11H2,1H3. The molecule has 100 valence electrons. The second kappa shape index (κ2) is 7.04. The molecule has 0 fully saturated rings. The molecule has 0 radical (unpaired) electrons. The second-order valence-corrected chi connectivity index (χ2v) is 5.57. The summed E-state index contributed by atoms with van der Waals surface area (Å²) in [6.45, 7) is 0. The molecule has 0 saturated heterocycles. The van der Waals surface area contributed by atoms with E-state index in [1.165, 1.54) is 44.1 Å². The molecule has 1 aliphatic rings. The molecule has 0 saturated carbocycles. The maximum atomic E-state index is 5.72. The lowest BCUT2D eigenvalue weighted by atomic mass is 9.80. The van der Waals surface area contributed by atoms with Gasteiger partial charge in [0, 0.05) is 5.88 Å². The van der Waals surface area contributed by atoms with Crippen LogP contribution in [0.5, 0.6) is 5.75 Å². The van der Waals surface area contributed by atoms with Crippen molar-refractivity contribution in [3.63, 3.8) is 0 Å². The molecule has 0 bridgehead atoms. The van der Waals surface area contributed by atoms with E-state index in [1.807, 2.05) is 0 Å². The molecular formula is C16H23ClO. The molecule has 2 rings (SSSR count). The summed E-state index contributed by atoms with van der Waals surface area (Å²) < 4.78 is 5.31. The van der Waals surface area contributed by atoms with Gasteiger partial charge in [0.2, 0.25) is 0 Å². The minimum Gasteiger partial charge on any atom is -0.497 e. The first-order chi connectivity index (χ1) is 8.85. The highest BCUT2D eigenvalue weighted by atomic mass is 35.5. The monoisotopic (exact) mass is 266 g/mol. The number of alkyl halides is 1. The number of ether oxygens (including phenoxy) is 1. The third kappa shape index (κ3) is 3.41. The summed E-state index contributed by atoms with van der Waals surface area (Å²) in [6, 6.07) is 6.61. The highest BCUT2D eigenvalue weighted by Crippen LogP contribution is 2.36. The van der Waals surface area contributed by atoms with Gasteiger partial charge in [0.1, 0.15) is 5.75 Å². The molecule has 0 heterocycles. The molecule has 18 heavy (non-hydrogen) atoms. The topological polar surface area (TPSA) is 9.23 Å². The SMILES string of the molecule is COc1ccc2c(c1)CCCC2CCCCCCl. The summed E-state index contributed by atoms with van der Waals surface area (Å²) in [6.07, 6.45) is 8.93. The van der Waals surface area contributed by atoms with Gasteiger partial charge in [-0.3, -0.25) is 0 Å². The fourth-order valence-corrected chi connectivity index (χ4v) is 3.17. The van der Waals surface area contributed by atoms with E-state index < -0.39 is 0 Å². The maximum Gasteiger partial charge on any atom is 0.119 e. The number of hydrogen-bond acceptors (Lipinski definition) is 1. The summed E-state index contributed by atoms with van der Waals surface area (Å²) in [5.41, 5.74) is 3.07. The van der Waals surface area contributed by atoms with E-state index in [0.29, 0.717) is 0 Å². The highest BCUT2D eigenvalue weighted by Gasteiger charge is 2.20. The first kappa shape index (κ1) is 13.7. The Morgan fingerprint density at radius 2 is 2.17 bits per heavy atom. The van der Waals surface area contributed by atoms with Gasteiger partial charge in [0.25, 0.3) is 0 Å². The molecule has 1 atom stereocenters. The fraction of sp³-hybridized carbons (Fsp3) is 0.625. The van der Waals surface area contributed by atoms with Crippen LogP contribution in [0.2, 0.25) is 0 Å². The van der Waals surface area contributed by atoms with Gasteiger partial charge in [-0.05, 0) is 61.3 Å². The van der Waals surface area contributed by atoms with Crippen molar-refractivity contribution in [3.8, 4) is 5.75 Å². The number of halogens is 1. The molecule has 0 aliphatic heterocycles. The molecule has 0 N–H and O–H groups in total. The van der Waals surface area contributed by atoms with E-state index in [2.05, 4.69) is 18.2 Å². The predicted molar refractivity (Wildman–Crippen MR) is 77.9 cm³/mol. The number of unbranched alkanes of at least 4 members (excludes halogenated alkanes) is 2. The first-order valence-corrected chi connectivity index (χ1v) is 7.61. The Morgan fingerprint density at radius 3 is 2.94 bits per heavy atom. The highest BCUT2D eigenvalue weighted by molar-refractivity contribution is 6.17. The number of hydrogen-bond donors (Lipinski definition) is 0. The van der Waals surface area contributed by atoms with Gasteiger partial charge in [-0.25, -0.2) is 0 Å². The Labute approximate surface area is 115 Å². The maximum absolute atomic E-state index is 5.72. The zero-order valence-electron chi connectivity index (χ0n) is 11.3. The molecule has 1 aliphatic carbocycles. The van der Waals surface area contributed by atoms with Crippen LogP contribution in [0.3, 0.4) is 0 Å². The zero-order valence-corrected chi connectivity index (χ0v) is 12.0. The van der Waals surface area contributed by atoms with Gasteiger partial charge in [-0.15, -0.1) is 11.6 Å². The molecular weight excluding hydrogens is 244 g/mol. The molecule has 0 aromatic heterocycles. The smallest absolute Gasteiger partial charge is 0.119 e. The van der Waals surface area contributed by atoms with Crippen LogP contribution in [-0.2, 0) is 6.42 Å². The van der Waals surface area contributed by atoms with E-state index in [9.17, 15) is 0 Å².